The van der Waals surface area contributed by atoms with Gasteiger partial charge < -0.3 is 5.32 Å². The zero-order valence-corrected chi connectivity index (χ0v) is 8.39. The molecule has 0 aromatic heterocycles. The van der Waals surface area contributed by atoms with Crippen LogP contribution in [0.3, 0.4) is 0 Å². The Hall–Kier alpha value is -0.550. The van der Waals surface area contributed by atoms with Crippen LogP contribution in [0.2, 0.25) is 0 Å². The van der Waals surface area contributed by atoms with Crippen molar-refractivity contribution >= 4 is 0 Å². The summed E-state index contributed by atoms with van der Waals surface area (Å²) in [6.45, 7) is 2.19. The molecule has 0 aromatic carbocycles. The van der Waals surface area contributed by atoms with Gasteiger partial charge in [0.15, 0.2) is 0 Å². The van der Waals surface area contributed by atoms with E-state index in [0.717, 1.165) is 18.9 Å². The highest BCUT2D eigenvalue weighted by molar-refractivity contribution is 4.71. The summed E-state index contributed by atoms with van der Waals surface area (Å²) in [6.07, 6.45) is 8.79. The van der Waals surface area contributed by atoms with Crippen molar-refractivity contribution in [3.63, 3.8) is 0 Å². The minimum absolute atomic E-state index is 0.692. The Bertz CT molecular complexity index is 154. The van der Waals surface area contributed by atoms with Gasteiger partial charge in [-0.25, -0.2) is 0 Å². The second kappa shape index (κ2) is 6.91. The smallest absolute Gasteiger partial charge is 0.0622 e. The first-order valence-electron chi connectivity index (χ1n) is 5.51. The summed E-state index contributed by atoms with van der Waals surface area (Å²) in [6, 6.07) is 2.17. The molecule has 0 spiro atoms. The van der Waals surface area contributed by atoms with E-state index in [1.165, 1.54) is 38.6 Å². The van der Waals surface area contributed by atoms with Gasteiger partial charge in [-0.15, -0.1) is 0 Å². The molecule has 0 radical (unpaired) electrons. The van der Waals surface area contributed by atoms with Crippen LogP contribution in [0.15, 0.2) is 0 Å². The third kappa shape index (κ3) is 4.90. The zero-order valence-electron chi connectivity index (χ0n) is 8.39. The molecular weight excluding hydrogens is 160 g/mol. The maximum Gasteiger partial charge on any atom is 0.0622 e. The van der Waals surface area contributed by atoms with Crippen molar-refractivity contribution in [3.8, 4) is 6.07 Å². The third-order valence-electron chi connectivity index (χ3n) is 2.80. The van der Waals surface area contributed by atoms with E-state index in [9.17, 15) is 0 Å². The van der Waals surface area contributed by atoms with Crippen LogP contribution in [0.4, 0.5) is 0 Å². The maximum atomic E-state index is 8.34. The lowest BCUT2D eigenvalue weighted by Gasteiger charge is -2.21. The third-order valence-corrected chi connectivity index (χ3v) is 2.80. The van der Waals surface area contributed by atoms with Gasteiger partial charge in [-0.3, -0.25) is 0 Å². The SMILES string of the molecule is N#CCCCNCC1CCCCC1. The summed E-state index contributed by atoms with van der Waals surface area (Å²) >= 11 is 0. The molecule has 0 saturated heterocycles. The molecule has 0 unspecified atom stereocenters. The molecule has 2 heteroatoms. The molecule has 1 saturated carbocycles. The van der Waals surface area contributed by atoms with Crippen LogP contribution < -0.4 is 5.32 Å². The highest BCUT2D eigenvalue weighted by Crippen LogP contribution is 2.22. The van der Waals surface area contributed by atoms with E-state index < -0.39 is 0 Å². The van der Waals surface area contributed by atoms with Crippen molar-refractivity contribution in [1.29, 1.82) is 5.26 Å². The summed E-state index contributed by atoms with van der Waals surface area (Å²) < 4.78 is 0. The van der Waals surface area contributed by atoms with Crippen LogP contribution in [0.25, 0.3) is 0 Å². The number of rotatable bonds is 5. The van der Waals surface area contributed by atoms with Crippen molar-refractivity contribution in [2.75, 3.05) is 13.1 Å². The molecule has 0 aliphatic heterocycles. The fourth-order valence-corrected chi connectivity index (χ4v) is 1.99. The second-order valence-electron chi connectivity index (χ2n) is 3.97. The maximum absolute atomic E-state index is 8.34. The lowest BCUT2D eigenvalue weighted by Crippen LogP contribution is -2.25. The fraction of sp³-hybridized carbons (Fsp3) is 0.909. The Morgan fingerprint density at radius 1 is 1.23 bits per heavy atom. The van der Waals surface area contributed by atoms with Crippen LogP contribution >= 0.6 is 0 Å². The Morgan fingerprint density at radius 3 is 2.69 bits per heavy atom. The first-order chi connectivity index (χ1) is 6.43. The number of hydrogen-bond acceptors (Lipinski definition) is 2. The van der Waals surface area contributed by atoms with Crippen LogP contribution in [0.1, 0.15) is 44.9 Å². The minimum atomic E-state index is 0.692. The molecule has 74 valence electrons. The highest BCUT2D eigenvalue weighted by Gasteiger charge is 2.11. The summed E-state index contributed by atoms with van der Waals surface area (Å²) in [5.74, 6) is 0.913. The molecule has 1 rings (SSSR count). The van der Waals surface area contributed by atoms with Gasteiger partial charge in [-0.1, -0.05) is 19.3 Å². The summed E-state index contributed by atoms with van der Waals surface area (Å²) in [7, 11) is 0. The first kappa shape index (κ1) is 10.5. The van der Waals surface area contributed by atoms with Crippen LogP contribution in [0.5, 0.6) is 0 Å². The molecule has 0 bridgehead atoms. The standard InChI is InChI=1S/C11H20N2/c12-8-4-5-9-13-10-11-6-2-1-3-7-11/h11,13H,1-7,9-10H2. The predicted molar refractivity (Wildman–Crippen MR) is 54.3 cm³/mol. The average Bonchev–Trinajstić information content (AvgIpc) is 2.19. The molecule has 1 N–H and O–H groups in total. The molecule has 1 aliphatic carbocycles. The Kier molecular flexibility index (Phi) is 5.60. The van der Waals surface area contributed by atoms with Gasteiger partial charge in [0.1, 0.15) is 0 Å². The van der Waals surface area contributed by atoms with Gasteiger partial charge in [-0.05, 0) is 38.3 Å². The van der Waals surface area contributed by atoms with E-state index in [2.05, 4.69) is 11.4 Å². The van der Waals surface area contributed by atoms with E-state index >= 15 is 0 Å². The topological polar surface area (TPSA) is 35.8 Å². The van der Waals surface area contributed by atoms with Crippen LogP contribution in [-0.4, -0.2) is 13.1 Å². The average molecular weight is 180 g/mol. The largest absolute Gasteiger partial charge is 0.316 e. The van der Waals surface area contributed by atoms with E-state index in [1.807, 2.05) is 0 Å². The van der Waals surface area contributed by atoms with Gasteiger partial charge in [0.05, 0.1) is 6.07 Å². The summed E-state index contributed by atoms with van der Waals surface area (Å²) in [5, 5.41) is 11.8. The lowest BCUT2D eigenvalue weighted by molar-refractivity contribution is 0.342. The van der Waals surface area contributed by atoms with Crippen molar-refractivity contribution in [1.82, 2.24) is 5.32 Å². The van der Waals surface area contributed by atoms with Gasteiger partial charge in [0.25, 0.3) is 0 Å². The van der Waals surface area contributed by atoms with Gasteiger partial charge in [-0.2, -0.15) is 5.26 Å². The molecular formula is C11H20N2. The molecule has 0 amide bonds. The molecule has 0 aromatic rings. The zero-order chi connectivity index (χ0) is 9.36. The number of unbranched alkanes of at least 4 members (excludes halogenated alkanes) is 1. The summed E-state index contributed by atoms with van der Waals surface area (Å²) in [5.41, 5.74) is 0. The van der Waals surface area contributed by atoms with E-state index in [-0.39, 0.29) is 0 Å². The molecule has 0 heterocycles. The minimum Gasteiger partial charge on any atom is -0.316 e. The Morgan fingerprint density at radius 2 is 2.00 bits per heavy atom. The Balaban J connectivity index is 1.90. The molecule has 1 fully saturated rings. The van der Waals surface area contributed by atoms with Gasteiger partial charge in [0, 0.05) is 6.42 Å². The fourth-order valence-electron chi connectivity index (χ4n) is 1.99. The molecule has 2 nitrogen and oxygen atoms in total. The quantitative estimate of drug-likeness (QED) is 0.660. The first-order valence-corrected chi connectivity index (χ1v) is 5.51. The number of nitrogens with one attached hydrogen (secondary N) is 1. The Labute approximate surface area is 81.3 Å². The monoisotopic (exact) mass is 180 g/mol. The normalized spacial score (nSPS) is 18.4. The summed E-state index contributed by atoms with van der Waals surface area (Å²) in [4.78, 5) is 0. The van der Waals surface area contributed by atoms with Gasteiger partial charge >= 0.3 is 0 Å². The number of hydrogen-bond donors (Lipinski definition) is 1. The molecule has 13 heavy (non-hydrogen) atoms. The van der Waals surface area contributed by atoms with Crippen molar-refractivity contribution in [2.45, 2.75) is 44.9 Å². The molecule has 1 aliphatic rings. The van der Waals surface area contributed by atoms with Crippen molar-refractivity contribution in [3.05, 3.63) is 0 Å². The van der Waals surface area contributed by atoms with E-state index in [0.29, 0.717) is 6.42 Å². The van der Waals surface area contributed by atoms with Gasteiger partial charge in [0.2, 0.25) is 0 Å². The van der Waals surface area contributed by atoms with E-state index in [1.54, 1.807) is 0 Å². The lowest BCUT2D eigenvalue weighted by atomic mass is 9.89. The van der Waals surface area contributed by atoms with Crippen LogP contribution in [0, 0.1) is 17.2 Å². The van der Waals surface area contributed by atoms with Crippen LogP contribution in [-0.2, 0) is 0 Å². The van der Waals surface area contributed by atoms with Crippen molar-refractivity contribution < 1.29 is 0 Å². The van der Waals surface area contributed by atoms with E-state index in [4.69, 9.17) is 5.26 Å². The number of nitriles is 1. The highest BCUT2D eigenvalue weighted by atomic mass is 14.9. The number of nitrogens with zero attached hydrogens (tertiary/aromatic N) is 1. The molecule has 0 atom stereocenters. The predicted octanol–water partition coefficient (Wildman–Crippen LogP) is 2.46. The van der Waals surface area contributed by atoms with Crippen molar-refractivity contribution in [2.24, 2.45) is 5.92 Å². The second-order valence-corrected chi connectivity index (χ2v) is 3.97.